The number of hydrogen-bond acceptors (Lipinski definition) is 5. The second-order valence-corrected chi connectivity index (χ2v) is 9.20. The molecule has 1 saturated carbocycles. The van der Waals surface area contributed by atoms with Crippen LogP contribution in [-0.2, 0) is 0 Å². The first kappa shape index (κ1) is 23.2. The molecule has 1 aliphatic heterocycles. The monoisotopic (exact) mass is 479 g/mol. The van der Waals surface area contributed by atoms with E-state index in [1.54, 1.807) is 18.3 Å². The molecular formula is C27H27F2N3O3. The van der Waals surface area contributed by atoms with Crippen molar-refractivity contribution < 1.29 is 18.3 Å². The lowest BCUT2D eigenvalue weighted by atomic mass is 10.0. The Bertz CT molecular complexity index is 1380. The molecule has 182 valence electrons. The SMILES string of the molecule is COc1c(N2CCNC(C)C2)c(F)cc2c(=O)c(C(=O)/C=C/c3ccc(F)cc3)cn(C3CC3)c12. The van der Waals surface area contributed by atoms with Gasteiger partial charge in [0, 0.05) is 37.9 Å². The molecule has 0 bridgehead atoms. The number of aromatic nitrogens is 1. The molecule has 3 aromatic rings. The van der Waals surface area contributed by atoms with Gasteiger partial charge in [-0.2, -0.15) is 0 Å². The van der Waals surface area contributed by atoms with Crippen molar-refractivity contribution in [3.63, 3.8) is 0 Å². The van der Waals surface area contributed by atoms with E-state index in [0.717, 1.165) is 12.8 Å². The number of methoxy groups -OCH3 is 1. The van der Waals surface area contributed by atoms with Gasteiger partial charge in [-0.3, -0.25) is 9.59 Å². The number of carbonyl (C=O) groups excluding carboxylic acids is 1. The Hall–Kier alpha value is -3.52. The summed E-state index contributed by atoms with van der Waals surface area (Å²) in [6.45, 7) is 3.97. The van der Waals surface area contributed by atoms with E-state index in [4.69, 9.17) is 4.74 Å². The van der Waals surface area contributed by atoms with Crippen molar-refractivity contribution in [2.75, 3.05) is 31.6 Å². The molecule has 2 fully saturated rings. The summed E-state index contributed by atoms with van der Waals surface area (Å²) in [6, 6.07) is 7.21. The number of ketones is 1. The number of hydrogen-bond donors (Lipinski definition) is 1. The van der Waals surface area contributed by atoms with Crippen LogP contribution in [0.4, 0.5) is 14.5 Å². The Kier molecular flexibility index (Phi) is 6.15. The van der Waals surface area contributed by atoms with Crippen LogP contribution in [0.2, 0.25) is 0 Å². The van der Waals surface area contributed by atoms with Crippen LogP contribution in [-0.4, -0.2) is 43.1 Å². The molecule has 1 aromatic heterocycles. The van der Waals surface area contributed by atoms with E-state index in [-0.39, 0.29) is 28.9 Å². The second-order valence-electron chi connectivity index (χ2n) is 9.20. The third-order valence-electron chi connectivity index (χ3n) is 6.59. The van der Waals surface area contributed by atoms with Crippen molar-refractivity contribution in [2.24, 2.45) is 0 Å². The smallest absolute Gasteiger partial charge is 0.200 e. The molecule has 35 heavy (non-hydrogen) atoms. The summed E-state index contributed by atoms with van der Waals surface area (Å²) < 4.78 is 36.3. The molecule has 0 amide bonds. The third kappa shape index (κ3) is 4.46. The van der Waals surface area contributed by atoms with Gasteiger partial charge in [-0.15, -0.1) is 0 Å². The highest BCUT2D eigenvalue weighted by Crippen LogP contribution is 2.43. The second kappa shape index (κ2) is 9.26. The Balaban J connectivity index is 1.64. The lowest BCUT2D eigenvalue weighted by Gasteiger charge is -2.35. The number of halogens is 2. The van der Waals surface area contributed by atoms with Crippen molar-refractivity contribution in [3.8, 4) is 5.75 Å². The highest BCUT2D eigenvalue weighted by Gasteiger charge is 2.31. The van der Waals surface area contributed by atoms with E-state index in [1.807, 2.05) is 16.4 Å². The molecular weight excluding hydrogens is 452 g/mol. The lowest BCUT2D eigenvalue weighted by molar-refractivity contribution is 0.104. The van der Waals surface area contributed by atoms with Crippen LogP contribution >= 0.6 is 0 Å². The number of rotatable bonds is 6. The summed E-state index contributed by atoms with van der Waals surface area (Å²) in [6.07, 6.45) is 6.19. The van der Waals surface area contributed by atoms with Crippen LogP contribution in [0.15, 0.2) is 47.4 Å². The zero-order chi connectivity index (χ0) is 24.7. The number of nitrogens with one attached hydrogen (secondary N) is 1. The van der Waals surface area contributed by atoms with Gasteiger partial charge in [0.25, 0.3) is 0 Å². The first-order valence-corrected chi connectivity index (χ1v) is 11.8. The minimum absolute atomic E-state index is 0.0345. The minimum Gasteiger partial charge on any atom is -0.492 e. The maximum atomic E-state index is 15.5. The maximum Gasteiger partial charge on any atom is 0.200 e. The number of pyridine rings is 1. The Morgan fingerprint density at radius 1 is 1.20 bits per heavy atom. The molecule has 2 aromatic carbocycles. The van der Waals surface area contributed by atoms with Gasteiger partial charge in [-0.05, 0) is 49.6 Å². The quantitative estimate of drug-likeness (QED) is 0.422. The maximum absolute atomic E-state index is 15.5. The van der Waals surface area contributed by atoms with Gasteiger partial charge in [0.2, 0.25) is 5.43 Å². The predicted octanol–water partition coefficient (Wildman–Crippen LogP) is 4.32. The van der Waals surface area contributed by atoms with Gasteiger partial charge in [0.05, 0.1) is 23.6 Å². The number of piperazine rings is 1. The number of anilines is 1. The lowest BCUT2D eigenvalue weighted by Crippen LogP contribution is -2.49. The molecule has 1 aliphatic carbocycles. The number of fused-ring (bicyclic) bond motifs is 1. The standard InChI is InChI=1S/C27H27F2N3O3/c1-16-14-31(12-11-30-16)25-22(29)13-20-24(27(25)35-2)32(19-8-9-19)15-21(26(20)34)23(33)10-5-17-3-6-18(28)7-4-17/h3-7,10,13,15-16,19,30H,8-9,11-12,14H2,1-2H3/b10-5+. The Morgan fingerprint density at radius 3 is 2.60 bits per heavy atom. The van der Waals surface area contributed by atoms with Crippen LogP contribution < -0.4 is 20.4 Å². The zero-order valence-corrected chi connectivity index (χ0v) is 19.7. The fourth-order valence-corrected chi connectivity index (χ4v) is 4.72. The molecule has 6 nitrogen and oxygen atoms in total. The topological polar surface area (TPSA) is 63.6 Å². The van der Waals surface area contributed by atoms with Gasteiger partial charge < -0.3 is 19.5 Å². The molecule has 1 unspecified atom stereocenters. The van der Waals surface area contributed by atoms with E-state index in [1.165, 1.54) is 37.5 Å². The average Bonchev–Trinajstić information content (AvgIpc) is 3.68. The number of benzene rings is 2. The molecule has 8 heteroatoms. The minimum atomic E-state index is -0.547. The molecule has 5 rings (SSSR count). The fourth-order valence-electron chi connectivity index (χ4n) is 4.72. The van der Waals surface area contributed by atoms with Crippen LogP contribution in [0.5, 0.6) is 5.75 Å². The third-order valence-corrected chi connectivity index (χ3v) is 6.59. The summed E-state index contributed by atoms with van der Waals surface area (Å²) in [5, 5.41) is 3.47. The van der Waals surface area contributed by atoms with Crippen molar-refractivity contribution in [1.29, 1.82) is 0 Å². The first-order chi connectivity index (χ1) is 16.9. The average molecular weight is 480 g/mol. The first-order valence-electron chi connectivity index (χ1n) is 11.8. The van der Waals surface area contributed by atoms with Crippen LogP contribution in [0.3, 0.4) is 0 Å². The number of allylic oxidation sites excluding steroid dienone is 1. The molecule has 0 radical (unpaired) electrons. The summed E-state index contributed by atoms with van der Waals surface area (Å²) >= 11 is 0. The molecule has 1 N–H and O–H groups in total. The summed E-state index contributed by atoms with van der Waals surface area (Å²) in [5.41, 5.74) is 0.917. The van der Waals surface area contributed by atoms with Gasteiger partial charge in [0.1, 0.15) is 11.5 Å². The van der Waals surface area contributed by atoms with E-state index in [0.29, 0.717) is 42.2 Å². The molecule has 1 saturated heterocycles. The van der Waals surface area contributed by atoms with Crippen molar-refractivity contribution in [2.45, 2.75) is 31.8 Å². The van der Waals surface area contributed by atoms with Crippen LogP contribution in [0.1, 0.15) is 41.7 Å². The van der Waals surface area contributed by atoms with Crippen LogP contribution in [0.25, 0.3) is 17.0 Å². The molecule has 1 atom stereocenters. The van der Waals surface area contributed by atoms with Crippen molar-refractivity contribution in [3.05, 3.63) is 75.6 Å². The highest BCUT2D eigenvalue weighted by molar-refractivity contribution is 6.08. The number of nitrogens with zero attached hydrogens (tertiary/aromatic N) is 2. The highest BCUT2D eigenvalue weighted by atomic mass is 19.1. The van der Waals surface area contributed by atoms with E-state index < -0.39 is 17.0 Å². The largest absolute Gasteiger partial charge is 0.492 e. The molecule has 2 heterocycles. The van der Waals surface area contributed by atoms with E-state index in [2.05, 4.69) is 5.32 Å². The van der Waals surface area contributed by atoms with Gasteiger partial charge >= 0.3 is 0 Å². The fraction of sp³-hybridized carbons (Fsp3) is 0.333. The summed E-state index contributed by atoms with van der Waals surface area (Å²) in [7, 11) is 1.48. The van der Waals surface area contributed by atoms with E-state index in [9.17, 15) is 14.0 Å². The van der Waals surface area contributed by atoms with Gasteiger partial charge in [-0.1, -0.05) is 18.2 Å². The molecule has 2 aliphatic rings. The van der Waals surface area contributed by atoms with Gasteiger partial charge in [0.15, 0.2) is 17.3 Å². The number of ether oxygens (including phenoxy) is 1. The van der Waals surface area contributed by atoms with Crippen molar-refractivity contribution >= 4 is 28.4 Å². The molecule has 0 spiro atoms. The summed E-state index contributed by atoms with van der Waals surface area (Å²) in [4.78, 5) is 28.4. The predicted molar refractivity (Wildman–Crippen MR) is 132 cm³/mol. The number of carbonyl (C=O) groups is 1. The zero-order valence-electron chi connectivity index (χ0n) is 19.7. The normalized spacial score (nSPS) is 18.4. The Labute approximate surface area is 201 Å². The van der Waals surface area contributed by atoms with Gasteiger partial charge in [-0.25, -0.2) is 8.78 Å². The summed E-state index contributed by atoms with van der Waals surface area (Å²) in [5.74, 6) is -1.09. The van der Waals surface area contributed by atoms with E-state index >= 15 is 4.39 Å². The van der Waals surface area contributed by atoms with Crippen LogP contribution in [0, 0.1) is 11.6 Å². The Morgan fingerprint density at radius 2 is 1.94 bits per heavy atom. The van der Waals surface area contributed by atoms with Crippen molar-refractivity contribution in [1.82, 2.24) is 9.88 Å².